The van der Waals surface area contributed by atoms with E-state index in [0.29, 0.717) is 17.7 Å². The van der Waals surface area contributed by atoms with E-state index in [1.165, 1.54) is 6.21 Å². The van der Waals surface area contributed by atoms with E-state index in [0.717, 1.165) is 10.8 Å². The monoisotopic (exact) mass is 359 g/mol. The molecule has 26 heavy (non-hydrogen) atoms. The summed E-state index contributed by atoms with van der Waals surface area (Å²) in [5.41, 5.74) is 3.53. The molecule has 3 aromatic carbocycles. The van der Waals surface area contributed by atoms with Crippen molar-refractivity contribution in [1.82, 2.24) is 0 Å². The first-order valence-electron chi connectivity index (χ1n) is 7.43. The number of halogens is 3. The number of fused-ring (bicyclic) bond motifs is 1. The van der Waals surface area contributed by atoms with Gasteiger partial charge in [0.2, 0.25) is 0 Å². The number of hydrogen-bond donors (Lipinski definition) is 1. The Balaban J connectivity index is 2.05. The predicted octanol–water partition coefficient (Wildman–Crippen LogP) is 5.10. The van der Waals surface area contributed by atoms with E-state index in [-0.39, 0.29) is 5.69 Å². The van der Waals surface area contributed by atoms with Gasteiger partial charge in [-0.2, -0.15) is 13.2 Å². The minimum absolute atomic E-state index is 0.306. The Hall–Kier alpha value is -3.42. The summed E-state index contributed by atoms with van der Waals surface area (Å²) in [7, 11) is 0. The van der Waals surface area contributed by atoms with Crippen molar-refractivity contribution in [2.45, 2.75) is 6.18 Å². The Labute approximate surface area is 145 Å². The molecule has 0 bridgehead atoms. The summed E-state index contributed by atoms with van der Waals surface area (Å²) in [6.07, 6.45) is -3.42. The molecule has 0 radical (unpaired) electrons. The van der Waals surface area contributed by atoms with Gasteiger partial charge in [0.05, 0.1) is 16.2 Å². The van der Waals surface area contributed by atoms with Gasteiger partial charge < -0.3 is 5.73 Å². The second-order valence-electron chi connectivity index (χ2n) is 5.55. The first kappa shape index (κ1) is 17.4. The molecule has 3 rings (SSSR count). The number of hydrogen-bond acceptors (Lipinski definition) is 4. The zero-order valence-corrected chi connectivity index (χ0v) is 13.2. The molecule has 5 nitrogen and oxygen atoms in total. The number of nitro benzene ring substituents is 1. The Morgan fingerprint density at radius 1 is 1.04 bits per heavy atom. The summed E-state index contributed by atoms with van der Waals surface area (Å²) in [5.74, 6) is 0. The van der Waals surface area contributed by atoms with Crippen molar-refractivity contribution < 1.29 is 18.1 Å². The number of aliphatic imine (C=N–C) groups is 1. The average molecular weight is 359 g/mol. The standard InChI is InChI=1S/C18H12F3N3O2/c19-18(20,21)14-8-15(17(22)16(9-14)24(25)26)23-10-11-5-6-12-3-1-2-4-13(12)7-11/h1-10H,22H2. The van der Waals surface area contributed by atoms with Crippen molar-refractivity contribution in [2.75, 3.05) is 5.73 Å². The number of nitrogen functional groups attached to an aromatic ring is 1. The molecule has 2 N–H and O–H groups in total. The quantitative estimate of drug-likeness (QED) is 0.306. The lowest BCUT2D eigenvalue weighted by atomic mass is 10.1. The van der Waals surface area contributed by atoms with Crippen molar-refractivity contribution in [3.05, 3.63) is 75.8 Å². The van der Waals surface area contributed by atoms with Crippen LogP contribution in [-0.2, 0) is 6.18 Å². The molecule has 0 heterocycles. The fourth-order valence-electron chi connectivity index (χ4n) is 2.48. The van der Waals surface area contributed by atoms with Gasteiger partial charge in [-0.05, 0) is 28.5 Å². The second kappa shape index (κ2) is 6.47. The molecule has 0 saturated heterocycles. The van der Waals surface area contributed by atoms with E-state index in [2.05, 4.69) is 4.99 Å². The smallest absolute Gasteiger partial charge is 0.391 e. The molecular weight excluding hydrogens is 347 g/mol. The lowest BCUT2D eigenvalue weighted by Crippen LogP contribution is -2.07. The molecule has 0 aliphatic rings. The topological polar surface area (TPSA) is 81.5 Å². The molecule has 8 heteroatoms. The van der Waals surface area contributed by atoms with Crippen LogP contribution in [-0.4, -0.2) is 11.1 Å². The van der Waals surface area contributed by atoms with E-state index in [9.17, 15) is 23.3 Å². The number of nitrogens with zero attached hydrogens (tertiary/aromatic N) is 2. The van der Waals surface area contributed by atoms with Crippen LogP contribution in [0.4, 0.5) is 30.2 Å². The van der Waals surface area contributed by atoms with Gasteiger partial charge in [-0.1, -0.05) is 36.4 Å². The summed E-state index contributed by atoms with van der Waals surface area (Å²) in [6.45, 7) is 0. The van der Waals surface area contributed by atoms with Crippen LogP contribution in [0, 0.1) is 10.1 Å². The van der Waals surface area contributed by atoms with Crippen molar-refractivity contribution in [3.63, 3.8) is 0 Å². The van der Waals surface area contributed by atoms with Crippen molar-refractivity contribution in [2.24, 2.45) is 4.99 Å². The molecule has 0 aliphatic carbocycles. The Morgan fingerprint density at radius 3 is 2.38 bits per heavy atom. The predicted molar refractivity (Wildman–Crippen MR) is 93.7 cm³/mol. The van der Waals surface area contributed by atoms with Crippen LogP contribution in [0.25, 0.3) is 10.8 Å². The molecule has 0 saturated carbocycles. The first-order chi connectivity index (χ1) is 12.3. The Bertz CT molecular complexity index is 1030. The number of nitro groups is 1. The molecule has 0 spiro atoms. The third-order valence-corrected chi connectivity index (χ3v) is 3.79. The van der Waals surface area contributed by atoms with Crippen LogP contribution in [0.5, 0.6) is 0 Å². The van der Waals surface area contributed by atoms with Gasteiger partial charge in [-0.25, -0.2) is 0 Å². The lowest BCUT2D eigenvalue weighted by molar-refractivity contribution is -0.384. The molecule has 0 atom stereocenters. The van der Waals surface area contributed by atoms with Gasteiger partial charge in [-0.15, -0.1) is 0 Å². The van der Waals surface area contributed by atoms with Crippen LogP contribution >= 0.6 is 0 Å². The van der Waals surface area contributed by atoms with E-state index in [4.69, 9.17) is 5.73 Å². The molecule has 132 valence electrons. The molecule has 0 fully saturated rings. The summed E-state index contributed by atoms with van der Waals surface area (Å²) in [4.78, 5) is 14.0. The van der Waals surface area contributed by atoms with Crippen molar-refractivity contribution >= 4 is 34.0 Å². The van der Waals surface area contributed by atoms with Crippen LogP contribution in [0.3, 0.4) is 0 Å². The van der Waals surface area contributed by atoms with E-state index in [1.807, 2.05) is 30.3 Å². The molecule has 3 aromatic rings. The van der Waals surface area contributed by atoms with Gasteiger partial charge >= 0.3 is 6.18 Å². The van der Waals surface area contributed by atoms with E-state index >= 15 is 0 Å². The van der Waals surface area contributed by atoms with Gasteiger partial charge in [-0.3, -0.25) is 15.1 Å². The fraction of sp³-hybridized carbons (Fsp3) is 0.0556. The number of nitrogens with two attached hydrogens (primary N) is 1. The van der Waals surface area contributed by atoms with Gasteiger partial charge in [0.1, 0.15) is 5.69 Å². The third-order valence-electron chi connectivity index (χ3n) is 3.79. The highest BCUT2D eigenvalue weighted by Gasteiger charge is 2.34. The maximum absolute atomic E-state index is 13.0. The lowest BCUT2D eigenvalue weighted by Gasteiger charge is -2.09. The van der Waals surface area contributed by atoms with Crippen molar-refractivity contribution in [1.29, 1.82) is 0 Å². The molecular formula is C18H12F3N3O2. The van der Waals surface area contributed by atoms with E-state index in [1.54, 1.807) is 12.1 Å². The number of rotatable bonds is 3. The first-order valence-corrected chi connectivity index (χ1v) is 7.43. The highest BCUT2D eigenvalue weighted by molar-refractivity contribution is 5.92. The molecule has 0 aliphatic heterocycles. The van der Waals surface area contributed by atoms with Crippen molar-refractivity contribution in [3.8, 4) is 0 Å². The Morgan fingerprint density at radius 2 is 1.73 bits per heavy atom. The number of anilines is 1. The minimum atomic E-state index is -4.74. The summed E-state index contributed by atoms with van der Waals surface area (Å²) < 4.78 is 38.9. The summed E-state index contributed by atoms with van der Waals surface area (Å²) in [6, 6.07) is 14.0. The second-order valence-corrected chi connectivity index (χ2v) is 5.55. The number of alkyl halides is 3. The molecule has 0 amide bonds. The zero-order chi connectivity index (χ0) is 18.9. The Kier molecular flexibility index (Phi) is 4.33. The van der Waals surface area contributed by atoms with Crippen LogP contribution in [0.2, 0.25) is 0 Å². The van der Waals surface area contributed by atoms with Gasteiger partial charge in [0.15, 0.2) is 0 Å². The zero-order valence-electron chi connectivity index (χ0n) is 13.2. The third kappa shape index (κ3) is 3.49. The van der Waals surface area contributed by atoms with E-state index < -0.39 is 28.0 Å². The average Bonchev–Trinajstić information content (AvgIpc) is 2.59. The summed E-state index contributed by atoms with van der Waals surface area (Å²) >= 11 is 0. The van der Waals surface area contributed by atoms with Gasteiger partial charge in [0.25, 0.3) is 5.69 Å². The maximum atomic E-state index is 13.0. The SMILES string of the molecule is Nc1c(N=Cc2ccc3ccccc3c2)cc(C(F)(F)F)cc1[N+](=O)[O-]. The van der Waals surface area contributed by atoms with Crippen LogP contribution < -0.4 is 5.73 Å². The normalized spacial score (nSPS) is 12.0. The molecule has 0 unspecified atom stereocenters. The highest BCUT2D eigenvalue weighted by atomic mass is 19.4. The van der Waals surface area contributed by atoms with Crippen LogP contribution in [0.15, 0.2) is 59.6 Å². The van der Waals surface area contributed by atoms with Gasteiger partial charge in [0, 0.05) is 12.3 Å². The largest absolute Gasteiger partial charge is 0.416 e. The number of benzene rings is 3. The highest BCUT2D eigenvalue weighted by Crippen LogP contribution is 2.39. The minimum Gasteiger partial charge on any atom is -0.391 e. The maximum Gasteiger partial charge on any atom is 0.416 e. The van der Waals surface area contributed by atoms with Crippen LogP contribution in [0.1, 0.15) is 11.1 Å². The summed E-state index contributed by atoms with van der Waals surface area (Å²) in [5, 5.41) is 12.9. The molecule has 0 aromatic heterocycles. The fourth-order valence-corrected chi connectivity index (χ4v) is 2.48.